The lowest BCUT2D eigenvalue weighted by Gasteiger charge is -2.14. The average molecular weight is 385 g/mol. The number of nitrogens with one attached hydrogen (secondary N) is 1. The summed E-state index contributed by atoms with van der Waals surface area (Å²) >= 11 is 0. The number of carbonyl (C=O) groups excluding carboxylic acids is 2. The van der Waals surface area contributed by atoms with Crippen LogP contribution in [0.15, 0.2) is 36.4 Å². The number of amides is 1. The summed E-state index contributed by atoms with van der Waals surface area (Å²) in [6.45, 7) is 7.01. The van der Waals surface area contributed by atoms with Crippen LogP contribution in [0.25, 0.3) is 0 Å². The van der Waals surface area contributed by atoms with Gasteiger partial charge in [0.05, 0.1) is 25.9 Å². The predicted molar refractivity (Wildman–Crippen MR) is 108 cm³/mol. The summed E-state index contributed by atoms with van der Waals surface area (Å²) < 4.78 is 16.2. The monoisotopic (exact) mass is 385 g/mol. The van der Waals surface area contributed by atoms with Crippen LogP contribution in [-0.2, 0) is 4.74 Å². The first-order valence-electron chi connectivity index (χ1n) is 9.40. The van der Waals surface area contributed by atoms with E-state index in [-0.39, 0.29) is 5.91 Å². The molecule has 6 heteroatoms. The highest BCUT2D eigenvalue weighted by atomic mass is 16.5. The van der Waals surface area contributed by atoms with E-state index in [1.165, 1.54) is 7.11 Å². The molecule has 0 aromatic heterocycles. The topological polar surface area (TPSA) is 73.9 Å². The molecule has 2 aromatic rings. The van der Waals surface area contributed by atoms with Gasteiger partial charge >= 0.3 is 5.97 Å². The first-order chi connectivity index (χ1) is 13.5. The van der Waals surface area contributed by atoms with Crippen LogP contribution in [0, 0.1) is 6.92 Å². The van der Waals surface area contributed by atoms with Crippen LogP contribution in [0.5, 0.6) is 11.5 Å². The van der Waals surface area contributed by atoms with E-state index in [9.17, 15) is 9.59 Å². The van der Waals surface area contributed by atoms with Crippen molar-refractivity contribution in [1.29, 1.82) is 0 Å². The van der Waals surface area contributed by atoms with Gasteiger partial charge in [0, 0.05) is 11.3 Å². The Morgan fingerprint density at radius 3 is 2.18 bits per heavy atom. The van der Waals surface area contributed by atoms with Gasteiger partial charge in [-0.25, -0.2) is 4.79 Å². The van der Waals surface area contributed by atoms with Gasteiger partial charge in [0.2, 0.25) is 0 Å². The van der Waals surface area contributed by atoms with Crippen LogP contribution in [0.2, 0.25) is 0 Å². The van der Waals surface area contributed by atoms with Crippen molar-refractivity contribution in [2.45, 2.75) is 33.6 Å². The highest BCUT2D eigenvalue weighted by Crippen LogP contribution is 2.29. The third-order valence-corrected chi connectivity index (χ3v) is 4.04. The second-order valence-corrected chi connectivity index (χ2v) is 6.33. The summed E-state index contributed by atoms with van der Waals surface area (Å²) in [5, 5.41) is 2.85. The Balaban J connectivity index is 2.25. The van der Waals surface area contributed by atoms with Crippen LogP contribution in [-0.4, -0.2) is 32.2 Å². The molecule has 150 valence electrons. The molecule has 0 aliphatic carbocycles. The fraction of sp³-hybridized carbons (Fsp3) is 0.364. The number of aryl methyl sites for hydroxylation is 1. The second-order valence-electron chi connectivity index (χ2n) is 6.33. The number of hydrogen-bond donors (Lipinski definition) is 1. The second kappa shape index (κ2) is 10.3. The van der Waals surface area contributed by atoms with Gasteiger partial charge in [0.25, 0.3) is 5.91 Å². The molecule has 2 aromatic carbocycles. The molecule has 0 bridgehead atoms. The molecule has 1 N–H and O–H groups in total. The van der Waals surface area contributed by atoms with E-state index < -0.39 is 5.97 Å². The van der Waals surface area contributed by atoms with Crippen molar-refractivity contribution in [3.8, 4) is 11.5 Å². The number of methoxy groups -OCH3 is 1. The Bertz CT molecular complexity index is 832. The van der Waals surface area contributed by atoms with Crippen molar-refractivity contribution in [3.05, 3.63) is 53.1 Å². The normalized spacial score (nSPS) is 10.3. The molecule has 1 amide bonds. The van der Waals surface area contributed by atoms with E-state index in [0.717, 1.165) is 18.4 Å². The SMILES string of the molecule is CCCOc1ccc(C(=O)Nc2cc(C(=O)OC)ccc2C)cc1OCCC. The molecule has 6 nitrogen and oxygen atoms in total. The smallest absolute Gasteiger partial charge is 0.337 e. The lowest BCUT2D eigenvalue weighted by Crippen LogP contribution is -2.14. The molecule has 0 atom stereocenters. The third kappa shape index (κ3) is 5.49. The van der Waals surface area contributed by atoms with Crippen LogP contribution in [0.1, 0.15) is 53.0 Å². The predicted octanol–water partition coefficient (Wildman–Crippen LogP) is 4.61. The molecular formula is C22H27NO5. The summed E-state index contributed by atoms with van der Waals surface area (Å²) in [5.74, 6) is 0.412. The van der Waals surface area contributed by atoms with E-state index in [2.05, 4.69) is 5.32 Å². The van der Waals surface area contributed by atoms with Gasteiger partial charge in [-0.15, -0.1) is 0 Å². The van der Waals surface area contributed by atoms with Crippen LogP contribution in [0.4, 0.5) is 5.69 Å². The summed E-state index contributed by atoms with van der Waals surface area (Å²) in [6.07, 6.45) is 1.73. The standard InChI is InChI=1S/C22H27NO5/c1-5-11-27-19-10-9-16(14-20(19)28-12-6-2)21(24)23-18-13-17(22(25)26-4)8-7-15(18)3/h7-10,13-14H,5-6,11-12H2,1-4H3,(H,23,24). The van der Waals surface area contributed by atoms with Gasteiger partial charge in [0.1, 0.15) is 0 Å². The summed E-state index contributed by atoms with van der Waals surface area (Å²) in [4.78, 5) is 24.5. The largest absolute Gasteiger partial charge is 0.490 e. The van der Waals surface area contributed by atoms with Gasteiger partial charge < -0.3 is 19.5 Å². The molecule has 28 heavy (non-hydrogen) atoms. The molecule has 0 unspecified atom stereocenters. The van der Waals surface area contributed by atoms with E-state index in [1.807, 2.05) is 20.8 Å². The number of rotatable bonds is 9. The maximum absolute atomic E-state index is 12.7. The van der Waals surface area contributed by atoms with Gasteiger partial charge in [0.15, 0.2) is 11.5 Å². The van der Waals surface area contributed by atoms with E-state index >= 15 is 0 Å². The van der Waals surface area contributed by atoms with E-state index in [4.69, 9.17) is 14.2 Å². The summed E-state index contributed by atoms with van der Waals surface area (Å²) in [5.41, 5.74) is 2.21. The molecular weight excluding hydrogens is 358 g/mol. The first-order valence-corrected chi connectivity index (χ1v) is 9.40. The van der Waals surface area contributed by atoms with Crippen molar-refractivity contribution in [2.24, 2.45) is 0 Å². The highest BCUT2D eigenvalue weighted by Gasteiger charge is 2.14. The van der Waals surface area contributed by atoms with E-state index in [1.54, 1.807) is 36.4 Å². The lowest BCUT2D eigenvalue weighted by atomic mass is 10.1. The maximum Gasteiger partial charge on any atom is 0.337 e. The molecule has 2 rings (SSSR count). The van der Waals surface area contributed by atoms with Gasteiger partial charge in [-0.3, -0.25) is 4.79 Å². The Morgan fingerprint density at radius 1 is 0.893 bits per heavy atom. The average Bonchev–Trinajstić information content (AvgIpc) is 2.71. The Labute approximate surface area is 165 Å². The minimum absolute atomic E-state index is 0.298. The molecule has 0 spiro atoms. The fourth-order valence-electron chi connectivity index (χ4n) is 2.50. The highest BCUT2D eigenvalue weighted by molar-refractivity contribution is 6.05. The number of ether oxygens (including phenoxy) is 3. The van der Waals surface area contributed by atoms with Crippen LogP contribution in [0.3, 0.4) is 0 Å². The molecule has 0 aliphatic rings. The first kappa shape index (κ1) is 21.3. The lowest BCUT2D eigenvalue weighted by molar-refractivity contribution is 0.0600. The minimum Gasteiger partial charge on any atom is -0.490 e. The third-order valence-electron chi connectivity index (χ3n) is 4.04. The van der Waals surface area contributed by atoms with Crippen molar-refractivity contribution in [2.75, 3.05) is 25.6 Å². The molecule has 0 saturated heterocycles. The van der Waals surface area contributed by atoms with Crippen molar-refractivity contribution in [3.63, 3.8) is 0 Å². The summed E-state index contributed by atoms with van der Waals surface area (Å²) in [6, 6.07) is 10.1. The zero-order valence-corrected chi connectivity index (χ0v) is 16.8. The number of anilines is 1. The van der Waals surface area contributed by atoms with Crippen molar-refractivity contribution >= 4 is 17.6 Å². The maximum atomic E-state index is 12.7. The summed E-state index contributed by atoms with van der Waals surface area (Å²) in [7, 11) is 1.32. The number of hydrogen-bond acceptors (Lipinski definition) is 5. The number of carbonyl (C=O) groups is 2. The van der Waals surface area contributed by atoms with Crippen LogP contribution < -0.4 is 14.8 Å². The molecule has 0 aliphatic heterocycles. The quantitative estimate of drug-likeness (QED) is 0.638. The number of esters is 1. The van der Waals surface area contributed by atoms with Gasteiger partial charge in [-0.2, -0.15) is 0 Å². The zero-order chi connectivity index (χ0) is 20.5. The van der Waals surface area contributed by atoms with Crippen LogP contribution >= 0.6 is 0 Å². The fourth-order valence-corrected chi connectivity index (χ4v) is 2.50. The van der Waals surface area contributed by atoms with Crippen molar-refractivity contribution in [1.82, 2.24) is 0 Å². The van der Waals surface area contributed by atoms with Gasteiger partial charge in [-0.1, -0.05) is 19.9 Å². The number of benzene rings is 2. The van der Waals surface area contributed by atoms with Gasteiger partial charge in [-0.05, 0) is 55.7 Å². The molecule has 0 heterocycles. The Kier molecular flexibility index (Phi) is 7.87. The van der Waals surface area contributed by atoms with E-state index in [0.29, 0.717) is 41.5 Å². The molecule has 0 radical (unpaired) electrons. The minimum atomic E-state index is -0.455. The Hall–Kier alpha value is -3.02. The molecule has 0 saturated carbocycles. The van der Waals surface area contributed by atoms with Crippen molar-refractivity contribution < 1.29 is 23.8 Å². The zero-order valence-electron chi connectivity index (χ0n) is 16.8. The Morgan fingerprint density at radius 2 is 1.54 bits per heavy atom. The molecule has 0 fully saturated rings.